The van der Waals surface area contributed by atoms with Gasteiger partial charge in [0.1, 0.15) is 25.4 Å². The molecule has 2 aliphatic heterocycles. The molecular weight excluding hydrogens is 448 g/mol. The quantitative estimate of drug-likeness (QED) is 0.355. The van der Waals surface area contributed by atoms with E-state index in [9.17, 15) is 9.59 Å². The van der Waals surface area contributed by atoms with Gasteiger partial charge in [-0.25, -0.2) is 9.59 Å². The number of methoxy groups -OCH3 is 4. The Labute approximate surface area is 196 Å². The van der Waals surface area contributed by atoms with Crippen LogP contribution in [0.15, 0.2) is 24.3 Å². The van der Waals surface area contributed by atoms with Crippen LogP contribution in [0, 0.1) is 0 Å². The van der Waals surface area contributed by atoms with E-state index >= 15 is 0 Å². The Morgan fingerprint density at radius 3 is 1.38 bits per heavy atom. The monoisotopic (exact) mass is 474 g/mol. The minimum Gasteiger partial charge on any atom is -0.493 e. The third kappa shape index (κ3) is 5.18. The van der Waals surface area contributed by atoms with E-state index in [1.165, 1.54) is 40.6 Å². The van der Waals surface area contributed by atoms with Crippen LogP contribution in [-0.2, 0) is 18.9 Å². The van der Waals surface area contributed by atoms with E-state index in [1.807, 2.05) is 0 Å². The number of hydrogen-bond acceptors (Lipinski definition) is 10. The van der Waals surface area contributed by atoms with Crippen LogP contribution in [0.3, 0.4) is 0 Å². The van der Waals surface area contributed by atoms with Crippen molar-refractivity contribution in [3.63, 3.8) is 0 Å². The second-order valence-corrected chi connectivity index (χ2v) is 7.63. The highest BCUT2D eigenvalue weighted by atomic mass is 16.6. The van der Waals surface area contributed by atoms with E-state index in [0.717, 1.165) is 0 Å². The highest BCUT2D eigenvalue weighted by Crippen LogP contribution is 2.46. The van der Waals surface area contributed by atoms with Crippen LogP contribution >= 0.6 is 0 Å². The predicted molar refractivity (Wildman–Crippen MR) is 118 cm³/mol. The Morgan fingerprint density at radius 2 is 1.09 bits per heavy atom. The number of esters is 2. The fraction of sp³-hybridized carbons (Fsp3) is 0.417. The molecule has 182 valence electrons. The zero-order valence-corrected chi connectivity index (χ0v) is 19.4. The summed E-state index contributed by atoms with van der Waals surface area (Å²) in [6, 6.07) is 6.22. The maximum Gasteiger partial charge on any atom is 0.338 e. The van der Waals surface area contributed by atoms with Gasteiger partial charge in [-0.1, -0.05) is 0 Å². The maximum atomic E-state index is 12.7. The molecule has 0 N–H and O–H groups in total. The zero-order chi connectivity index (χ0) is 24.2. The molecule has 2 aliphatic rings. The summed E-state index contributed by atoms with van der Waals surface area (Å²) in [5, 5.41) is 0. The molecular formula is C24H26O10. The van der Waals surface area contributed by atoms with Crippen LogP contribution in [0.4, 0.5) is 0 Å². The van der Waals surface area contributed by atoms with Gasteiger partial charge in [0, 0.05) is 11.1 Å². The molecule has 0 radical (unpaired) electrons. The summed E-state index contributed by atoms with van der Waals surface area (Å²) in [4.78, 5) is 25.4. The van der Waals surface area contributed by atoms with E-state index in [0.29, 0.717) is 47.3 Å². The topological polar surface area (TPSA) is 115 Å². The van der Waals surface area contributed by atoms with Crippen molar-refractivity contribution in [2.75, 3.05) is 54.9 Å². The molecule has 2 atom stereocenters. The highest BCUT2D eigenvalue weighted by Gasteiger charge is 2.28. The number of carbonyl (C=O) groups is 2. The summed E-state index contributed by atoms with van der Waals surface area (Å²) in [7, 11) is 5.86. The normalized spacial score (nSPS) is 18.0. The molecule has 2 aromatic carbocycles. The van der Waals surface area contributed by atoms with Gasteiger partial charge in [0.25, 0.3) is 0 Å². The first-order valence-electron chi connectivity index (χ1n) is 10.6. The number of rotatable bonds is 11. The van der Waals surface area contributed by atoms with Gasteiger partial charge in [-0.15, -0.1) is 0 Å². The molecule has 0 bridgehead atoms. The summed E-state index contributed by atoms with van der Waals surface area (Å²) in [5.41, 5.74) is 1.33. The lowest BCUT2D eigenvalue weighted by atomic mass is 9.97. The average molecular weight is 474 g/mol. The lowest BCUT2D eigenvalue weighted by Gasteiger charge is -2.19. The summed E-state index contributed by atoms with van der Waals surface area (Å²) < 4.78 is 43.0. The zero-order valence-electron chi connectivity index (χ0n) is 19.4. The van der Waals surface area contributed by atoms with Gasteiger partial charge in [-0.2, -0.15) is 0 Å². The molecule has 2 heterocycles. The molecule has 0 amide bonds. The van der Waals surface area contributed by atoms with Crippen LogP contribution in [0.5, 0.6) is 23.0 Å². The fourth-order valence-electron chi connectivity index (χ4n) is 3.40. The number of ether oxygens (including phenoxy) is 8. The Hall–Kier alpha value is -3.50. The largest absolute Gasteiger partial charge is 0.493 e. The molecule has 2 fully saturated rings. The van der Waals surface area contributed by atoms with Gasteiger partial charge in [0.2, 0.25) is 0 Å². The number of benzene rings is 2. The molecule has 2 aromatic rings. The van der Waals surface area contributed by atoms with Crippen molar-refractivity contribution in [2.24, 2.45) is 0 Å². The molecule has 34 heavy (non-hydrogen) atoms. The third-order valence-electron chi connectivity index (χ3n) is 5.32. The summed E-state index contributed by atoms with van der Waals surface area (Å²) in [6.07, 6.45) is -0.145. The Balaban J connectivity index is 1.79. The molecule has 2 unspecified atom stereocenters. The standard InChI is InChI=1S/C24H26O10/c1-27-19-7-13(23(25)33-11-15-9-31-15)5-17(21(19)29-3)18-6-14(8-20(28-2)22(18)30-4)24(26)34-12-16-10-32-16/h5-8,15-16H,9-12H2,1-4H3. The molecule has 0 saturated carbocycles. The van der Waals surface area contributed by atoms with E-state index in [2.05, 4.69) is 0 Å². The van der Waals surface area contributed by atoms with Crippen molar-refractivity contribution in [3.05, 3.63) is 35.4 Å². The molecule has 0 aromatic heterocycles. The first-order valence-corrected chi connectivity index (χ1v) is 10.6. The minimum absolute atomic E-state index is 0.0725. The first kappa shape index (κ1) is 23.7. The summed E-state index contributed by atoms with van der Waals surface area (Å²) >= 11 is 0. The van der Waals surface area contributed by atoms with Crippen LogP contribution < -0.4 is 18.9 Å². The Morgan fingerprint density at radius 1 is 0.706 bits per heavy atom. The van der Waals surface area contributed by atoms with Gasteiger partial charge < -0.3 is 37.9 Å². The highest BCUT2D eigenvalue weighted by molar-refractivity contribution is 5.97. The number of hydrogen-bond donors (Lipinski definition) is 0. The smallest absolute Gasteiger partial charge is 0.338 e. The molecule has 10 heteroatoms. The fourth-order valence-corrected chi connectivity index (χ4v) is 3.40. The molecule has 10 nitrogen and oxygen atoms in total. The lowest BCUT2D eigenvalue weighted by Crippen LogP contribution is -2.12. The molecule has 2 saturated heterocycles. The van der Waals surface area contributed by atoms with Crippen molar-refractivity contribution in [2.45, 2.75) is 12.2 Å². The lowest BCUT2D eigenvalue weighted by molar-refractivity contribution is 0.0468. The van der Waals surface area contributed by atoms with Crippen LogP contribution in [0.25, 0.3) is 11.1 Å². The van der Waals surface area contributed by atoms with E-state index in [4.69, 9.17) is 37.9 Å². The number of carbonyl (C=O) groups excluding carboxylic acids is 2. The van der Waals surface area contributed by atoms with Gasteiger partial charge >= 0.3 is 11.9 Å². The molecule has 0 spiro atoms. The maximum absolute atomic E-state index is 12.7. The minimum atomic E-state index is -0.552. The van der Waals surface area contributed by atoms with Crippen LogP contribution in [0.2, 0.25) is 0 Å². The Kier molecular flexibility index (Phi) is 7.09. The van der Waals surface area contributed by atoms with Crippen molar-refractivity contribution in [1.29, 1.82) is 0 Å². The van der Waals surface area contributed by atoms with Crippen molar-refractivity contribution < 1.29 is 47.5 Å². The second-order valence-electron chi connectivity index (χ2n) is 7.63. The molecule has 0 aliphatic carbocycles. The van der Waals surface area contributed by atoms with Crippen molar-refractivity contribution >= 4 is 11.9 Å². The average Bonchev–Trinajstić information content (AvgIpc) is 3.79. The van der Waals surface area contributed by atoms with Gasteiger partial charge in [0.15, 0.2) is 23.0 Å². The van der Waals surface area contributed by atoms with E-state index < -0.39 is 11.9 Å². The van der Waals surface area contributed by atoms with Crippen LogP contribution in [0.1, 0.15) is 20.7 Å². The van der Waals surface area contributed by atoms with Gasteiger partial charge in [-0.3, -0.25) is 0 Å². The summed E-state index contributed by atoms with van der Waals surface area (Å²) in [5.74, 6) is 0.167. The van der Waals surface area contributed by atoms with Crippen molar-refractivity contribution in [1.82, 2.24) is 0 Å². The first-order chi connectivity index (χ1) is 16.5. The van der Waals surface area contributed by atoms with Crippen LogP contribution in [-0.4, -0.2) is 79.0 Å². The number of epoxide rings is 2. The SMILES string of the molecule is COc1cc(C(=O)OCC2CO2)cc(-c2cc(C(=O)OCC3CO3)cc(OC)c2OC)c1OC. The second kappa shape index (κ2) is 10.2. The van der Waals surface area contributed by atoms with E-state index in [1.54, 1.807) is 12.1 Å². The van der Waals surface area contributed by atoms with Gasteiger partial charge in [-0.05, 0) is 24.3 Å². The Bertz CT molecular complexity index is 986. The van der Waals surface area contributed by atoms with E-state index in [-0.39, 0.29) is 36.5 Å². The molecule has 4 rings (SSSR count). The van der Waals surface area contributed by atoms with Crippen molar-refractivity contribution in [3.8, 4) is 34.1 Å². The third-order valence-corrected chi connectivity index (χ3v) is 5.32. The van der Waals surface area contributed by atoms with Gasteiger partial charge in [0.05, 0.1) is 52.8 Å². The summed E-state index contributed by atoms with van der Waals surface area (Å²) in [6.45, 7) is 1.45. The predicted octanol–water partition coefficient (Wildman–Crippen LogP) is 2.50.